The molecule has 0 bridgehead atoms. The van der Waals surface area contributed by atoms with Crippen molar-refractivity contribution in [3.8, 4) is 11.1 Å². The molecule has 214 valence electrons. The Labute approximate surface area is 255 Å². The summed E-state index contributed by atoms with van der Waals surface area (Å²) < 4.78 is 0. The Balaban J connectivity index is 1.51. The first-order valence-electron chi connectivity index (χ1n) is 15.0. The molecule has 5 N–H and O–H groups in total. The molecule has 3 heteroatoms. The molecule has 3 nitrogen and oxygen atoms in total. The first-order valence-corrected chi connectivity index (χ1v) is 15.0. The van der Waals surface area contributed by atoms with Gasteiger partial charge < -0.3 is 16.8 Å². The number of hydrogen-bond acceptors (Lipinski definition) is 3. The van der Waals surface area contributed by atoms with Crippen molar-refractivity contribution < 1.29 is 0 Å². The fraction of sp³-hybridized carbons (Fsp3) is 0.150. The Morgan fingerprint density at radius 2 is 1.47 bits per heavy atom. The zero-order chi connectivity index (χ0) is 30.0. The van der Waals surface area contributed by atoms with E-state index in [0.29, 0.717) is 6.42 Å². The molecule has 0 spiro atoms. The van der Waals surface area contributed by atoms with Gasteiger partial charge in [0.2, 0.25) is 0 Å². The van der Waals surface area contributed by atoms with Crippen molar-refractivity contribution in [1.82, 2.24) is 5.32 Å². The fourth-order valence-electron chi connectivity index (χ4n) is 6.34. The molecule has 43 heavy (non-hydrogen) atoms. The second-order valence-electron chi connectivity index (χ2n) is 11.8. The summed E-state index contributed by atoms with van der Waals surface area (Å²) in [5, 5.41) is 6.22. The molecule has 0 aliphatic heterocycles. The number of nitrogens with one attached hydrogen (secondary N) is 1. The molecule has 1 atom stereocenters. The normalized spacial score (nSPS) is 15.0. The number of benzene rings is 5. The summed E-state index contributed by atoms with van der Waals surface area (Å²) in [5.41, 5.74) is 24.6. The van der Waals surface area contributed by atoms with Crippen LogP contribution in [0.15, 0.2) is 133 Å². The van der Waals surface area contributed by atoms with Gasteiger partial charge in [-0.05, 0) is 75.7 Å². The van der Waals surface area contributed by atoms with Crippen LogP contribution in [-0.4, -0.2) is 0 Å². The van der Waals surface area contributed by atoms with Crippen LogP contribution in [0, 0.1) is 0 Å². The van der Waals surface area contributed by atoms with E-state index in [1.54, 1.807) is 0 Å². The highest BCUT2D eigenvalue weighted by molar-refractivity contribution is 5.97. The van der Waals surface area contributed by atoms with Crippen LogP contribution in [0.25, 0.3) is 33.3 Å². The zero-order valence-corrected chi connectivity index (χ0v) is 25.1. The molecule has 0 saturated heterocycles. The van der Waals surface area contributed by atoms with E-state index < -0.39 is 0 Å². The van der Waals surface area contributed by atoms with Crippen LogP contribution in [0.1, 0.15) is 60.3 Å². The van der Waals surface area contributed by atoms with E-state index in [0.717, 1.165) is 33.6 Å². The van der Waals surface area contributed by atoms with E-state index in [-0.39, 0.29) is 11.6 Å². The number of fused-ring (bicyclic) bond motifs is 4. The van der Waals surface area contributed by atoms with Gasteiger partial charge in [-0.25, -0.2) is 0 Å². The van der Waals surface area contributed by atoms with Crippen molar-refractivity contribution in [2.24, 2.45) is 11.5 Å². The molecule has 1 unspecified atom stereocenters. The van der Waals surface area contributed by atoms with Gasteiger partial charge in [0.05, 0.1) is 0 Å². The van der Waals surface area contributed by atoms with E-state index in [9.17, 15) is 0 Å². The van der Waals surface area contributed by atoms with Crippen molar-refractivity contribution in [2.75, 3.05) is 0 Å². The first kappa shape index (κ1) is 28.3. The van der Waals surface area contributed by atoms with Gasteiger partial charge in [0.15, 0.2) is 0 Å². The van der Waals surface area contributed by atoms with Gasteiger partial charge in [-0.15, -0.1) is 0 Å². The fourth-order valence-corrected chi connectivity index (χ4v) is 6.34. The van der Waals surface area contributed by atoms with Crippen LogP contribution >= 0.6 is 0 Å². The molecule has 0 aromatic heterocycles. The van der Waals surface area contributed by atoms with Gasteiger partial charge in [0, 0.05) is 27.9 Å². The van der Waals surface area contributed by atoms with Gasteiger partial charge in [0.25, 0.3) is 0 Å². The lowest BCUT2D eigenvalue weighted by molar-refractivity contribution is 0.659. The van der Waals surface area contributed by atoms with E-state index in [2.05, 4.69) is 110 Å². The van der Waals surface area contributed by atoms with Crippen LogP contribution in [-0.2, 0) is 11.8 Å². The lowest BCUT2D eigenvalue weighted by atomic mass is 9.81. The molecule has 5 aromatic carbocycles. The minimum Gasteiger partial charge on any atom is -0.398 e. The highest BCUT2D eigenvalue weighted by Gasteiger charge is 2.37. The molecule has 0 fully saturated rings. The standard InChI is InChI=1S/C40H39N3/c1-4-5-22-36(41)31-19-12-11-14-27(31)23-24-37(43-39(42)28-15-7-6-8-16-28)32-20-13-21-34-38(32)33-25-29-17-9-10-18-30(29)26-35(33)40(34,2)3/h4-22,24-26,39,43H,23,41-42H2,1-3H3/b5-4-,36-22-,37-24-. The Morgan fingerprint density at radius 3 is 2.23 bits per heavy atom. The Kier molecular flexibility index (Phi) is 7.75. The number of hydrogen-bond donors (Lipinski definition) is 3. The van der Waals surface area contributed by atoms with Gasteiger partial charge in [-0.3, -0.25) is 0 Å². The van der Waals surface area contributed by atoms with Crippen molar-refractivity contribution >= 4 is 22.2 Å². The Morgan fingerprint density at radius 1 is 0.791 bits per heavy atom. The van der Waals surface area contributed by atoms with Crippen LogP contribution < -0.4 is 16.8 Å². The van der Waals surface area contributed by atoms with Crippen LogP contribution in [0.2, 0.25) is 0 Å². The molecule has 0 saturated carbocycles. The van der Waals surface area contributed by atoms with Crippen molar-refractivity contribution in [3.05, 3.63) is 167 Å². The van der Waals surface area contributed by atoms with Gasteiger partial charge >= 0.3 is 0 Å². The number of rotatable bonds is 8. The molecule has 0 radical (unpaired) electrons. The Hall–Kier alpha value is -4.86. The second kappa shape index (κ2) is 11.8. The van der Waals surface area contributed by atoms with E-state index >= 15 is 0 Å². The van der Waals surface area contributed by atoms with Crippen LogP contribution in [0.5, 0.6) is 0 Å². The van der Waals surface area contributed by atoms with Crippen molar-refractivity contribution in [3.63, 3.8) is 0 Å². The number of nitrogens with two attached hydrogens (primary N) is 2. The summed E-state index contributed by atoms with van der Waals surface area (Å²) in [6.45, 7) is 6.66. The van der Waals surface area contributed by atoms with Crippen molar-refractivity contribution in [2.45, 2.75) is 38.8 Å². The maximum Gasteiger partial charge on any atom is 0.101 e. The van der Waals surface area contributed by atoms with Crippen molar-refractivity contribution in [1.29, 1.82) is 0 Å². The quantitative estimate of drug-likeness (QED) is 0.131. The maximum atomic E-state index is 6.81. The summed E-state index contributed by atoms with van der Waals surface area (Å²) >= 11 is 0. The van der Waals surface area contributed by atoms with E-state index in [4.69, 9.17) is 11.5 Å². The summed E-state index contributed by atoms with van der Waals surface area (Å²) in [7, 11) is 0. The van der Waals surface area contributed by atoms with Gasteiger partial charge in [-0.2, -0.15) is 0 Å². The molecule has 0 heterocycles. The lowest BCUT2D eigenvalue weighted by Gasteiger charge is -2.23. The average Bonchev–Trinajstić information content (AvgIpc) is 3.26. The SMILES string of the molecule is C/C=C\C=C(/N)c1ccccc1C/C=C(\NC(N)c1ccccc1)c1cccc2c1-c1cc3ccccc3cc1C2(C)C. The third kappa shape index (κ3) is 5.40. The van der Waals surface area contributed by atoms with Crippen LogP contribution in [0.4, 0.5) is 0 Å². The lowest BCUT2D eigenvalue weighted by Crippen LogP contribution is -2.28. The molecule has 5 aromatic rings. The molecule has 6 rings (SSSR count). The van der Waals surface area contributed by atoms with E-state index in [1.807, 2.05) is 49.4 Å². The van der Waals surface area contributed by atoms with E-state index in [1.165, 1.54) is 33.0 Å². The predicted molar refractivity (Wildman–Crippen MR) is 183 cm³/mol. The smallest absolute Gasteiger partial charge is 0.101 e. The monoisotopic (exact) mass is 561 g/mol. The first-order chi connectivity index (χ1) is 20.9. The minimum absolute atomic E-state index is 0.129. The average molecular weight is 562 g/mol. The van der Waals surface area contributed by atoms with Gasteiger partial charge in [-0.1, -0.05) is 129 Å². The summed E-state index contributed by atoms with van der Waals surface area (Å²) in [6.07, 6.45) is 8.52. The minimum atomic E-state index is -0.372. The zero-order valence-electron chi connectivity index (χ0n) is 25.1. The predicted octanol–water partition coefficient (Wildman–Crippen LogP) is 8.85. The summed E-state index contributed by atoms with van der Waals surface area (Å²) in [4.78, 5) is 0. The summed E-state index contributed by atoms with van der Waals surface area (Å²) in [5.74, 6) is 0. The Bertz CT molecular complexity index is 1880. The molecular weight excluding hydrogens is 522 g/mol. The maximum absolute atomic E-state index is 6.81. The van der Waals surface area contributed by atoms with Gasteiger partial charge in [0.1, 0.15) is 6.17 Å². The third-order valence-corrected chi connectivity index (χ3v) is 8.65. The third-order valence-electron chi connectivity index (χ3n) is 8.65. The second-order valence-corrected chi connectivity index (χ2v) is 11.8. The molecular formula is C40H39N3. The highest BCUT2D eigenvalue weighted by Crippen LogP contribution is 2.52. The topological polar surface area (TPSA) is 64.1 Å². The summed E-state index contributed by atoms with van der Waals surface area (Å²) in [6, 6.07) is 38.6. The number of allylic oxidation sites excluding steroid dienone is 4. The largest absolute Gasteiger partial charge is 0.398 e. The molecule has 1 aliphatic rings. The molecule has 1 aliphatic carbocycles. The molecule has 0 amide bonds. The highest BCUT2D eigenvalue weighted by atomic mass is 15.0. The van der Waals surface area contributed by atoms with Crippen LogP contribution in [0.3, 0.4) is 0 Å².